The zero-order valence-corrected chi connectivity index (χ0v) is 20.4. The summed E-state index contributed by atoms with van der Waals surface area (Å²) in [7, 11) is 3.21. The molecule has 0 aliphatic heterocycles. The van der Waals surface area contributed by atoms with E-state index in [4.69, 9.17) is 14.2 Å². The van der Waals surface area contributed by atoms with E-state index in [-0.39, 0.29) is 17.8 Å². The monoisotopic (exact) mass is 470 g/mol. The number of benzene rings is 2. The van der Waals surface area contributed by atoms with Gasteiger partial charge in [-0.15, -0.1) is 10.2 Å². The molecule has 0 spiro atoms. The number of carbonyl (C=O) groups excluding carboxylic acids is 1. The van der Waals surface area contributed by atoms with Crippen molar-refractivity contribution in [2.75, 3.05) is 25.3 Å². The standard InChI is InChI=1S/C24H30N4O4S/c1-16(2)14-28-23(17(3)32-21-11-7-10-20(13-21)31-5)26-27-24(28)33-15-22(29)25-18-8-6-9-19(12-18)30-4/h6-13,16-17H,14-15H2,1-5H3,(H,25,29). The van der Waals surface area contributed by atoms with Gasteiger partial charge in [-0.25, -0.2) is 0 Å². The average Bonchev–Trinajstić information content (AvgIpc) is 3.19. The molecule has 1 N–H and O–H groups in total. The minimum Gasteiger partial charge on any atom is -0.497 e. The van der Waals surface area contributed by atoms with E-state index in [0.717, 1.165) is 5.75 Å². The van der Waals surface area contributed by atoms with E-state index in [9.17, 15) is 4.79 Å². The van der Waals surface area contributed by atoms with Crippen LogP contribution in [0.25, 0.3) is 0 Å². The largest absolute Gasteiger partial charge is 0.497 e. The van der Waals surface area contributed by atoms with E-state index < -0.39 is 0 Å². The maximum Gasteiger partial charge on any atom is 0.234 e. The number of aromatic nitrogens is 3. The molecule has 0 saturated carbocycles. The quantitative estimate of drug-likeness (QED) is 0.402. The van der Waals surface area contributed by atoms with Gasteiger partial charge < -0.3 is 24.1 Å². The Hall–Kier alpha value is -3.20. The normalized spacial score (nSPS) is 11.8. The summed E-state index contributed by atoms with van der Waals surface area (Å²) in [5.74, 6) is 3.25. The first-order valence-electron chi connectivity index (χ1n) is 10.7. The summed E-state index contributed by atoms with van der Waals surface area (Å²) in [4.78, 5) is 12.5. The van der Waals surface area contributed by atoms with Crippen LogP contribution in [-0.4, -0.2) is 40.6 Å². The third-order valence-electron chi connectivity index (χ3n) is 4.70. The van der Waals surface area contributed by atoms with E-state index in [1.54, 1.807) is 20.3 Å². The van der Waals surface area contributed by atoms with Crippen LogP contribution < -0.4 is 19.5 Å². The Morgan fingerprint density at radius 3 is 2.36 bits per heavy atom. The molecule has 0 aliphatic carbocycles. The van der Waals surface area contributed by atoms with Gasteiger partial charge in [-0.1, -0.05) is 37.7 Å². The smallest absolute Gasteiger partial charge is 0.234 e. The van der Waals surface area contributed by atoms with E-state index >= 15 is 0 Å². The van der Waals surface area contributed by atoms with Crippen molar-refractivity contribution in [1.29, 1.82) is 0 Å². The third kappa shape index (κ3) is 6.89. The van der Waals surface area contributed by atoms with Gasteiger partial charge in [-0.3, -0.25) is 4.79 Å². The zero-order chi connectivity index (χ0) is 23.8. The van der Waals surface area contributed by atoms with Gasteiger partial charge in [-0.2, -0.15) is 0 Å². The molecule has 0 radical (unpaired) electrons. The lowest BCUT2D eigenvalue weighted by Crippen LogP contribution is -2.17. The first-order chi connectivity index (χ1) is 15.9. The van der Waals surface area contributed by atoms with Crippen LogP contribution in [0.2, 0.25) is 0 Å². The molecule has 8 nitrogen and oxygen atoms in total. The molecule has 9 heteroatoms. The van der Waals surface area contributed by atoms with Crippen molar-refractivity contribution in [1.82, 2.24) is 14.8 Å². The lowest BCUT2D eigenvalue weighted by molar-refractivity contribution is -0.113. The number of amides is 1. The molecule has 33 heavy (non-hydrogen) atoms. The summed E-state index contributed by atoms with van der Waals surface area (Å²) in [6.07, 6.45) is -0.330. The van der Waals surface area contributed by atoms with Crippen molar-refractivity contribution in [2.24, 2.45) is 5.92 Å². The summed E-state index contributed by atoms with van der Waals surface area (Å²) >= 11 is 1.35. The van der Waals surface area contributed by atoms with Gasteiger partial charge in [0.2, 0.25) is 5.91 Å². The van der Waals surface area contributed by atoms with Gasteiger partial charge in [0.15, 0.2) is 17.1 Å². The van der Waals surface area contributed by atoms with Crippen LogP contribution in [0, 0.1) is 5.92 Å². The number of hydrogen-bond acceptors (Lipinski definition) is 7. The zero-order valence-electron chi connectivity index (χ0n) is 19.6. The number of hydrogen-bond donors (Lipinski definition) is 1. The van der Waals surface area contributed by atoms with Gasteiger partial charge in [-0.05, 0) is 37.1 Å². The van der Waals surface area contributed by atoms with E-state index in [1.165, 1.54) is 11.8 Å². The topological polar surface area (TPSA) is 87.5 Å². The summed E-state index contributed by atoms with van der Waals surface area (Å²) in [6.45, 7) is 6.90. The summed E-state index contributed by atoms with van der Waals surface area (Å²) < 4.78 is 18.6. The molecule has 3 rings (SSSR count). The molecule has 2 aromatic carbocycles. The predicted octanol–water partition coefficient (Wildman–Crippen LogP) is 4.82. The predicted molar refractivity (Wildman–Crippen MR) is 129 cm³/mol. The first-order valence-corrected chi connectivity index (χ1v) is 11.7. The molecule has 176 valence electrons. The number of nitrogens with zero attached hydrogens (tertiary/aromatic N) is 3. The Morgan fingerprint density at radius 2 is 1.67 bits per heavy atom. The highest BCUT2D eigenvalue weighted by atomic mass is 32.2. The fraction of sp³-hybridized carbons (Fsp3) is 0.375. The number of carbonyl (C=O) groups is 1. The van der Waals surface area contributed by atoms with Crippen molar-refractivity contribution in [3.05, 3.63) is 54.4 Å². The maximum absolute atomic E-state index is 12.5. The molecular weight excluding hydrogens is 440 g/mol. The van der Waals surface area contributed by atoms with Crippen molar-refractivity contribution >= 4 is 23.4 Å². The molecule has 0 saturated heterocycles. The number of nitrogens with one attached hydrogen (secondary N) is 1. The summed E-state index contributed by atoms with van der Waals surface area (Å²) in [5.41, 5.74) is 0.685. The van der Waals surface area contributed by atoms with Crippen LogP contribution in [0.5, 0.6) is 17.2 Å². The number of anilines is 1. The molecule has 0 fully saturated rings. The molecule has 1 unspecified atom stereocenters. The highest BCUT2D eigenvalue weighted by Crippen LogP contribution is 2.27. The Morgan fingerprint density at radius 1 is 1.00 bits per heavy atom. The Balaban J connectivity index is 1.69. The molecule has 0 aliphatic rings. The van der Waals surface area contributed by atoms with E-state index in [0.29, 0.717) is 40.6 Å². The second-order valence-corrected chi connectivity index (χ2v) is 8.80. The molecule has 1 atom stereocenters. The third-order valence-corrected chi connectivity index (χ3v) is 5.66. The van der Waals surface area contributed by atoms with Crippen molar-refractivity contribution in [3.8, 4) is 17.2 Å². The van der Waals surface area contributed by atoms with Crippen molar-refractivity contribution in [3.63, 3.8) is 0 Å². The van der Waals surface area contributed by atoms with Crippen LogP contribution in [0.4, 0.5) is 5.69 Å². The minimum atomic E-state index is -0.330. The molecule has 1 amide bonds. The maximum atomic E-state index is 12.5. The number of methoxy groups -OCH3 is 2. The highest BCUT2D eigenvalue weighted by molar-refractivity contribution is 7.99. The first kappa shape index (κ1) is 24.4. The molecule has 3 aromatic rings. The van der Waals surface area contributed by atoms with Gasteiger partial charge in [0, 0.05) is 24.4 Å². The second-order valence-electron chi connectivity index (χ2n) is 7.85. The Labute approximate surface area is 198 Å². The van der Waals surface area contributed by atoms with E-state index in [2.05, 4.69) is 29.4 Å². The van der Waals surface area contributed by atoms with E-state index in [1.807, 2.05) is 54.0 Å². The SMILES string of the molecule is COc1cccc(NC(=O)CSc2nnc(C(C)Oc3cccc(OC)c3)n2CC(C)C)c1. The molecule has 0 bridgehead atoms. The van der Waals surface area contributed by atoms with Gasteiger partial charge in [0.25, 0.3) is 0 Å². The lowest BCUT2D eigenvalue weighted by atomic mass is 10.2. The molecular formula is C24H30N4O4S. The van der Waals surface area contributed by atoms with Gasteiger partial charge in [0.05, 0.1) is 20.0 Å². The van der Waals surface area contributed by atoms with Crippen LogP contribution in [-0.2, 0) is 11.3 Å². The van der Waals surface area contributed by atoms with Crippen molar-refractivity contribution in [2.45, 2.75) is 38.6 Å². The Bertz CT molecular complexity index is 1070. The van der Waals surface area contributed by atoms with Crippen LogP contribution in [0.1, 0.15) is 32.7 Å². The Kier molecular flexibility index (Phi) is 8.59. The summed E-state index contributed by atoms with van der Waals surface area (Å²) in [5, 5.41) is 12.3. The van der Waals surface area contributed by atoms with Crippen molar-refractivity contribution < 1.29 is 19.0 Å². The number of rotatable bonds is 11. The second kappa shape index (κ2) is 11.6. The molecule has 1 heterocycles. The molecule has 1 aromatic heterocycles. The lowest BCUT2D eigenvalue weighted by Gasteiger charge is -2.18. The van der Waals surface area contributed by atoms with Gasteiger partial charge in [0.1, 0.15) is 17.2 Å². The van der Waals surface area contributed by atoms with Crippen LogP contribution in [0.15, 0.2) is 53.7 Å². The summed E-state index contributed by atoms with van der Waals surface area (Å²) in [6, 6.07) is 14.7. The number of ether oxygens (including phenoxy) is 3. The highest BCUT2D eigenvalue weighted by Gasteiger charge is 2.21. The minimum absolute atomic E-state index is 0.130. The average molecular weight is 471 g/mol. The van der Waals surface area contributed by atoms with Crippen LogP contribution >= 0.6 is 11.8 Å². The van der Waals surface area contributed by atoms with Crippen LogP contribution in [0.3, 0.4) is 0 Å². The van der Waals surface area contributed by atoms with Gasteiger partial charge >= 0.3 is 0 Å². The fourth-order valence-electron chi connectivity index (χ4n) is 3.20. The number of thioether (sulfide) groups is 1. The fourth-order valence-corrected chi connectivity index (χ4v) is 3.96.